The molecule has 20 heavy (non-hydrogen) atoms. The monoisotopic (exact) mass is 289 g/mol. The predicted molar refractivity (Wildman–Crippen MR) is 62.3 cm³/mol. The first kappa shape index (κ1) is 15.8. The summed E-state index contributed by atoms with van der Waals surface area (Å²) in [6.07, 6.45) is -4.21. The Morgan fingerprint density at radius 3 is 2.60 bits per heavy atom. The summed E-state index contributed by atoms with van der Waals surface area (Å²) in [6, 6.07) is 1.04. The number of methoxy groups -OCH3 is 1. The molecule has 1 aromatic rings. The number of nitrogens with zero attached hydrogens (tertiary/aromatic N) is 1. The van der Waals surface area contributed by atoms with E-state index >= 15 is 0 Å². The molecule has 0 aromatic heterocycles. The highest BCUT2D eigenvalue weighted by atomic mass is 19.1. The van der Waals surface area contributed by atoms with Gasteiger partial charge >= 0.3 is 11.7 Å². The van der Waals surface area contributed by atoms with E-state index in [2.05, 4.69) is 4.74 Å². The van der Waals surface area contributed by atoms with Crippen molar-refractivity contribution < 1.29 is 34.2 Å². The van der Waals surface area contributed by atoms with Gasteiger partial charge in [-0.1, -0.05) is 0 Å². The molecule has 0 fully saturated rings. The van der Waals surface area contributed by atoms with E-state index in [0.29, 0.717) is 12.1 Å². The van der Waals surface area contributed by atoms with Gasteiger partial charge in [-0.3, -0.25) is 14.9 Å². The average molecular weight is 289 g/mol. The summed E-state index contributed by atoms with van der Waals surface area (Å²) < 4.78 is 17.8. The van der Waals surface area contributed by atoms with E-state index in [9.17, 15) is 34.6 Å². The number of hydrogen-bond acceptors (Lipinski definition) is 7. The maximum absolute atomic E-state index is 13.6. The van der Waals surface area contributed by atoms with E-state index in [4.69, 9.17) is 0 Å². The number of aliphatic hydroxyl groups excluding tert-OH is 2. The molecule has 0 aliphatic heterocycles. The number of benzene rings is 1. The summed E-state index contributed by atoms with van der Waals surface area (Å²) in [6.45, 7) is 0. The van der Waals surface area contributed by atoms with Gasteiger partial charge in [0.1, 0.15) is 11.9 Å². The molecule has 1 rings (SSSR count). The quantitative estimate of drug-likeness (QED) is 0.406. The molecule has 1 aromatic carbocycles. The molecule has 2 atom stereocenters. The van der Waals surface area contributed by atoms with Gasteiger partial charge in [0.05, 0.1) is 24.6 Å². The van der Waals surface area contributed by atoms with Crippen molar-refractivity contribution in [3.63, 3.8) is 0 Å². The normalized spacial score (nSPS) is 13.6. The first-order valence-electron chi connectivity index (χ1n) is 5.37. The average Bonchev–Trinajstić information content (AvgIpc) is 2.37. The Hall–Kier alpha value is -2.26. The van der Waals surface area contributed by atoms with Gasteiger partial charge in [-0.15, -0.1) is 0 Å². The molecule has 0 bridgehead atoms. The third kappa shape index (κ3) is 3.39. The Morgan fingerprint density at radius 1 is 1.50 bits per heavy atom. The lowest BCUT2D eigenvalue weighted by atomic mass is 10.0. The number of ether oxygens (including phenoxy) is 1. The van der Waals surface area contributed by atoms with Crippen molar-refractivity contribution in [2.75, 3.05) is 7.11 Å². The summed E-state index contributed by atoms with van der Waals surface area (Å²) in [7, 11) is 1.06. The van der Waals surface area contributed by atoms with Gasteiger partial charge in [0.2, 0.25) is 0 Å². The molecule has 110 valence electrons. The van der Waals surface area contributed by atoms with Crippen LogP contribution in [0.4, 0.5) is 10.1 Å². The van der Waals surface area contributed by atoms with Crippen molar-refractivity contribution >= 4 is 11.7 Å². The second-order valence-electron chi connectivity index (χ2n) is 3.91. The van der Waals surface area contributed by atoms with Crippen LogP contribution in [0.1, 0.15) is 18.1 Å². The number of nitro groups is 1. The van der Waals surface area contributed by atoms with Gasteiger partial charge in [0.15, 0.2) is 5.75 Å². The second kappa shape index (κ2) is 6.26. The van der Waals surface area contributed by atoms with Crippen LogP contribution in [0.5, 0.6) is 5.75 Å². The number of rotatable bonds is 5. The van der Waals surface area contributed by atoms with Crippen LogP contribution in [-0.4, -0.2) is 39.4 Å². The van der Waals surface area contributed by atoms with E-state index in [1.165, 1.54) is 0 Å². The lowest BCUT2D eigenvalue weighted by Gasteiger charge is -2.17. The van der Waals surface area contributed by atoms with Crippen molar-refractivity contribution in [1.29, 1.82) is 0 Å². The zero-order valence-electron chi connectivity index (χ0n) is 10.3. The predicted octanol–water partition coefficient (Wildman–Crippen LogP) is 0.397. The molecule has 0 spiro atoms. The third-order valence-corrected chi connectivity index (χ3v) is 2.58. The van der Waals surface area contributed by atoms with Crippen LogP contribution in [0.3, 0.4) is 0 Å². The summed E-state index contributed by atoms with van der Waals surface area (Å²) in [5.41, 5.74) is -1.43. The minimum atomic E-state index is -1.88. The van der Waals surface area contributed by atoms with Crippen LogP contribution in [0.25, 0.3) is 0 Å². The third-order valence-electron chi connectivity index (χ3n) is 2.58. The molecule has 8 nitrogen and oxygen atoms in total. The van der Waals surface area contributed by atoms with Gasteiger partial charge in [0.25, 0.3) is 0 Å². The van der Waals surface area contributed by atoms with E-state index in [1.54, 1.807) is 0 Å². The molecule has 0 saturated carbocycles. The number of aliphatic hydroxyl groups is 2. The first-order chi connectivity index (χ1) is 9.27. The molecular formula is C11H12FNO7. The van der Waals surface area contributed by atoms with E-state index < -0.39 is 52.3 Å². The highest BCUT2D eigenvalue weighted by molar-refractivity contribution is 5.69. The van der Waals surface area contributed by atoms with Crippen LogP contribution in [0, 0.1) is 15.9 Å². The van der Waals surface area contributed by atoms with E-state index in [-0.39, 0.29) is 0 Å². The summed E-state index contributed by atoms with van der Waals surface area (Å²) in [5.74, 6) is -2.90. The standard InChI is InChI=1S/C11H12FNO7/c1-20-10(16)4-9(15)11(17)5-2-7(13(18)19)8(14)3-6(5)12/h2-3,9,11,14-15,17H,4H2,1H3. The molecule has 0 aliphatic rings. The first-order valence-corrected chi connectivity index (χ1v) is 5.37. The number of hydrogen-bond donors (Lipinski definition) is 3. The highest BCUT2D eigenvalue weighted by Crippen LogP contribution is 2.32. The van der Waals surface area contributed by atoms with Gasteiger partial charge in [-0.25, -0.2) is 4.39 Å². The van der Waals surface area contributed by atoms with Crippen LogP contribution >= 0.6 is 0 Å². The van der Waals surface area contributed by atoms with Crippen LogP contribution in [-0.2, 0) is 9.53 Å². The molecule has 2 unspecified atom stereocenters. The molecule has 0 radical (unpaired) electrons. The van der Waals surface area contributed by atoms with Crippen LogP contribution in [0.15, 0.2) is 12.1 Å². The van der Waals surface area contributed by atoms with Gasteiger partial charge in [-0.05, 0) is 0 Å². The summed E-state index contributed by atoms with van der Waals surface area (Å²) in [4.78, 5) is 20.6. The fourth-order valence-electron chi connectivity index (χ4n) is 1.51. The van der Waals surface area contributed by atoms with Crippen molar-refractivity contribution in [2.45, 2.75) is 18.6 Å². The van der Waals surface area contributed by atoms with E-state index in [1.807, 2.05) is 0 Å². The number of phenolic OH excluding ortho intramolecular Hbond substituents is 1. The maximum atomic E-state index is 13.6. The minimum Gasteiger partial charge on any atom is -0.502 e. The van der Waals surface area contributed by atoms with Crippen molar-refractivity contribution in [3.05, 3.63) is 33.6 Å². The Bertz CT molecular complexity index is 534. The maximum Gasteiger partial charge on any atom is 0.311 e. The fraction of sp³-hybridized carbons (Fsp3) is 0.364. The number of carbonyl (C=O) groups excluding carboxylic acids is 1. The molecule has 0 amide bonds. The van der Waals surface area contributed by atoms with Crippen molar-refractivity contribution in [3.8, 4) is 5.75 Å². The minimum absolute atomic E-state index is 0.446. The molecule has 0 aliphatic carbocycles. The Balaban J connectivity index is 3.09. The Morgan fingerprint density at radius 2 is 2.10 bits per heavy atom. The number of esters is 1. The van der Waals surface area contributed by atoms with Gasteiger partial charge in [0, 0.05) is 17.7 Å². The van der Waals surface area contributed by atoms with Gasteiger partial charge < -0.3 is 20.1 Å². The SMILES string of the molecule is COC(=O)CC(O)C(O)c1cc([N+](=O)[O-])c(O)cc1F. The van der Waals surface area contributed by atoms with Crippen LogP contribution < -0.4 is 0 Å². The zero-order chi connectivity index (χ0) is 15.4. The summed E-state index contributed by atoms with van der Waals surface area (Å²) in [5, 5.41) is 39.1. The van der Waals surface area contributed by atoms with Crippen molar-refractivity contribution in [1.82, 2.24) is 0 Å². The number of nitro benzene ring substituents is 1. The lowest BCUT2D eigenvalue weighted by molar-refractivity contribution is -0.386. The molecule has 3 N–H and O–H groups in total. The topological polar surface area (TPSA) is 130 Å². The highest BCUT2D eigenvalue weighted by Gasteiger charge is 2.28. The van der Waals surface area contributed by atoms with Gasteiger partial charge in [-0.2, -0.15) is 0 Å². The molecule has 9 heteroatoms. The number of carbonyl (C=O) groups is 1. The smallest absolute Gasteiger partial charge is 0.311 e. The Kier molecular flexibility index (Phi) is 4.94. The fourth-order valence-corrected chi connectivity index (χ4v) is 1.51. The second-order valence-corrected chi connectivity index (χ2v) is 3.91. The molecule has 0 saturated heterocycles. The largest absolute Gasteiger partial charge is 0.502 e. The molecule has 0 heterocycles. The Labute approximate surface area is 112 Å². The van der Waals surface area contributed by atoms with E-state index in [0.717, 1.165) is 7.11 Å². The van der Waals surface area contributed by atoms with Crippen LogP contribution in [0.2, 0.25) is 0 Å². The number of halogens is 1. The summed E-state index contributed by atoms with van der Waals surface area (Å²) >= 11 is 0. The zero-order valence-corrected chi connectivity index (χ0v) is 10.3. The molecular weight excluding hydrogens is 277 g/mol. The number of aromatic hydroxyl groups is 1. The lowest BCUT2D eigenvalue weighted by Crippen LogP contribution is -2.23. The number of phenols is 1. The van der Waals surface area contributed by atoms with Crippen molar-refractivity contribution in [2.24, 2.45) is 0 Å².